The molecule has 1 aromatic carbocycles. The van der Waals surface area contributed by atoms with Crippen molar-refractivity contribution >= 4 is 11.9 Å². The van der Waals surface area contributed by atoms with Crippen LogP contribution in [0.3, 0.4) is 0 Å². The van der Waals surface area contributed by atoms with E-state index in [0.717, 1.165) is 32.5 Å². The van der Waals surface area contributed by atoms with Crippen LogP contribution >= 0.6 is 0 Å². The molecule has 0 radical (unpaired) electrons. The molecule has 1 saturated heterocycles. The summed E-state index contributed by atoms with van der Waals surface area (Å²) >= 11 is 0. The van der Waals surface area contributed by atoms with Crippen LogP contribution in [0.4, 0.5) is 0 Å². The molecule has 0 bridgehead atoms. The SMILES string of the molecule is CCCN(C(=O)c1ccc(C(=O)O)cc1)C1CCNC1. The van der Waals surface area contributed by atoms with Crippen molar-refractivity contribution in [3.8, 4) is 0 Å². The lowest BCUT2D eigenvalue weighted by Gasteiger charge is -2.28. The molecular formula is C15H20N2O3. The van der Waals surface area contributed by atoms with Gasteiger partial charge in [-0.1, -0.05) is 6.92 Å². The number of nitrogens with one attached hydrogen (secondary N) is 1. The van der Waals surface area contributed by atoms with E-state index < -0.39 is 5.97 Å². The second-order valence-electron chi connectivity index (χ2n) is 5.03. The smallest absolute Gasteiger partial charge is 0.335 e. The molecule has 0 aromatic heterocycles. The van der Waals surface area contributed by atoms with Crippen molar-refractivity contribution in [2.75, 3.05) is 19.6 Å². The monoisotopic (exact) mass is 276 g/mol. The first-order valence-electron chi connectivity index (χ1n) is 6.98. The van der Waals surface area contributed by atoms with Gasteiger partial charge in [-0.3, -0.25) is 4.79 Å². The summed E-state index contributed by atoms with van der Waals surface area (Å²) in [6.45, 7) is 4.55. The zero-order valence-electron chi connectivity index (χ0n) is 11.6. The highest BCUT2D eigenvalue weighted by Crippen LogP contribution is 2.15. The van der Waals surface area contributed by atoms with Crippen molar-refractivity contribution in [1.29, 1.82) is 0 Å². The molecule has 2 N–H and O–H groups in total. The van der Waals surface area contributed by atoms with Gasteiger partial charge < -0.3 is 15.3 Å². The van der Waals surface area contributed by atoms with E-state index in [-0.39, 0.29) is 17.5 Å². The normalized spacial score (nSPS) is 17.9. The van der Waals surface area contributed by atoms with Crippen molar-refractivity contribution < 1.29 is 14.7 Å². The minimum Gasteiger partial charge on any atom is -0.478 e. The third kappa shape index (κ3) is 3.17. The predicted octanol–water partition coefficient (Wildman–Crippen LogP) is 1.60. The highest BCUT2D eigenvalue weighted by Gasteiger charge is 2.26. The molecule has 1 aliphatic heterocycles. The Hall–Kier alpha value is -1.88. The third-order valence-corrected chi connectivity index (χ3v) is 3.58. The Bertz CT molecular complexity index is 478. The van der Waals surface area contributed by atoms with Gasteiger partial charge in [0.2, 0.25) is 0 Å². The molecule has 1 amide bonds. The minimum absolute atomic E-state index is 0.0162. The number of carboxylic acid groups (broad SMARTS) is 1. The lowest BCUT2D eigenvalue weighted by atomic mass is 10.1. The maximum absolute atomic E-state index is 12.6. The number of carbonyl (C=O) groups excluding carboxylic acids is 1. The van der Waals surface area contributed by atoms with Gasteiger partial charge in [0.05, 0.1) is 5.56 Å². The predicted molar refractivity (Wildman–Crippen MR) is 76.0 cm³/mol. The van der Waals surface area contributed by atoms with Crippen molar-refractivity contribution in [2.24, 2.45) is 0 Å². The van der Waals surface area contributed by atoms with Gasteiger partial charge in [-0.15, -0.1) is 0 Å². The summed E-state index contributed by atoms with van der Waals surface area (Å²) in [4.78, 5) is 25.3. The van der Waals surface area contributed by atoms with Crippen LogP contribution in [0.1, 0.15) is 40.5 Å². The van der Waals surface area contributed by atoms with Gasteiger partial charge >= 0.3 is 5.97 Å². The number of hydrogen-bond acceptors (Lipinski definition) is 3. The summed E-state index contributed by atoms with van der Waals surface area (Å²) in [5.41, 5.74) is 0.751. The van der Waals surface area contributed by atoms with Gasteiger partial charge in [0.25, 0.3) is 5.91 Å². The molecule has 1 unspecified atom stereocenters. The molecule has 108 valence electrons. The van der Waals surface area contributed by atoms with E-state index in [1.54, 1.807) is 12.1 Å². The van der Waals surface area contributed by atoms with Crippen LogP contribution in [0.25, 0.3) is 0 Å². The molecule has 2 rings (SSSR count). The average molecular weight is 276 g/mol. The van der Waals surface area contributed by atoms with Gasteiger partial charge in [0.1, 0.15) is 0 Å². The molecular weight excluding hydrogens is 256 g/mol. The van der Waals surface area contributed by atoms with E-state index in [1.165, 1.54) is 12.1 Å². The van der Waals surface area contributed by atoms with E-state index in [4.69, 9.17) is 5.11 Å². The molecule has 1 fully saturated rings. The first-order valence-corrected chi connectivity index (χ1v) is 6.98. The second kappa shape index (κ2) is 6.52. The van der Waals surface area contributed by atoms with Crippen LogP contribution in [0.5, 0.6) is 0 Å². The zero-order chi connectivity index (χ0) is 14.5. The molecule has 20 heavy (non-hydrogen) atoms. The molecule has 0 aliphatic carbocycles. The second-order valence-corrected chi connectivity index (χ2v) is 5.03. The Morgan fingerprint density at radius 3 is 2.45 bits per heavy atom. The number of amides is 1. The molecule has 0 spiro atoms. The number of nitrogens with zero attached hydrogens (tertiary/aromatic N) is 1. The fourth-order valence-electron chi connectivity index (χ4n) is 2.52. The Morgan fingerprint density at radius 1 is 1.30 bits per heavy atom. The minimum atomic E-state index is -0.977. The molecule has 5 heteroatoms. The number of benzene rings is 1. The maximum Gasteiger partial charge on any atom is 0.335 e. The number of carboxylic acids is 1. The van der Waals surface area contributed by atoms with Crippen LogP contribution in [0.15, 0.2) is 24.3 Å². The van der Waals surface area contributed by atoms with Crippen LogP contribution < -0.4 is 5.32 Å². The van der Waals surface area contributed by atoms with Gasteiger partial charge in [-0.05, 0) is 43.7 Å². The van der Waals surface area contributed by atoms with E-state index in [2.05, 4.69) is 12.2 Å². The van der Waals surface area contributed by atoms with Gasteiger partial charge in [0, 0.05) is 24.7 Å². The zero-order valence-corrected chi connectivity index (χ0v) is 11.6. The Balaban J connectivity index is 2.15. The fourth-order valence-corrected chi connectivity index (χ4v) is 2.52. The molecule has 0 saturated carbocycles. The van der Waals surface area contributed by atoms with Crippen molar-refractivity contribution in [2.45, 2.75) is 25.8 Å². The summed E-state index contributed by atoms with van der Waals surface area (Å²) in [5.74, 6) is -0.994. The third-order valence-electron chi connectivity index (χ3n) is 3.58. The molecule has 1 heterocycles. The summed E-state index contributed by atoms with van der Waals surface area (Å²) in [6.07, 6.45) is 1.88. The number of aromatic carboxylic acids is 1. The lowest BCUT2D eigenvalue weighted by molar-refractivity contribution is 0.0680. The quantitative estimate of drug-likeness (QED) is 0.857. The summed E-state index contributed by atoms with van der Waals surface area (Å²) < 4.78 is 0. The van der Waals surface area contributed by atoms with Crippen LogP contribution in [0, 0.1) is 0 Å². The van der Waals surface area contributed by atoms with Crippen molar-refractivity contribution in [3.63, 3.8) is 0 Å². The molecule has 1 aliphatic rings. The maximum atomic E-state index is 12.6. The summed E-state index contributed by atoms with van der Waals surface area (Å²) in [6, 6.07) is 6.38. The van der Waals surface area contributed by atoms with Gasteiger partial charge in [-0.2, -0.15) is 0 Å². The fraction of sp³-hybridized carbons (Fsp3) is 0.467. The number of rotatable bonds is 5. The van der Waals surface area contributed by atoms with Crippen LogP contribution in [-0.4, -0.2) is 47.6 Å². The first kappa shape index (κ1) is 14.5. The Morgan fingerprint density at radius 2 is 1.95 bits per heavy atom. The number of hydrogen-bond donors (Lipinski definition) is 2. The highest BCUT2D eigenvalue weighted by atomic mass is 16.4. The van der Waals surface area contributed by atoms with Gasteiger partial charge in [0.15, 0.2) is 0 Å². The van der Waals surface area contributed by atoms with E-state index in [9.17, 15) is 9.59 Å². The molecule has 1 atom stereocenters. The Labute approximate surface area is 118 Å². The Kier molecular flexibility index (Phi) is 4.74. The summed E-state index contributed by atoms with van der Waals surface area (Å²) in [7, 11) is 0. The topological polar surface area (TPSA) is 69.6 Å². The van der Waals surface area contributed by atoms with E-state index >= 15 is 0 Å². The standard InChI is InChI=1S/C15H20N2O3/c1-2-9-17(13-7-8-16-10-13)14(18)11-3-5-12(6-4-11)15(19)20/h3-6,13,16H,2,7-10H2,1H3,(H,19,20). The van der Waals surface area contributed by atoms with Crippen molar-refractivity contribution in [3.05, 3.63) is 35.4 Å². The lowest BCUT2D eigenvalue weighted by Crippen LogP contribution is -2.42. The van der Waals surface area contributed by atoms with Crippen LogP contribution in [0.2, 0.25) is 0 Å². The molecule has 1 aromatic rings. The van der Waals surface area contributed by atoms with E-state index in [0.29, 0.717) is 5.56 Å². The van der Waals surface area contributed by atoms with Crippen molar-refractivity contribution in [1.82, 2.24) is 10.2 Å². The first-order chi connectivity index (χ1) is 9.63. The van der Waals surface area contributed by atoms with Crippen LogP contribution in [-0.2, 0) is 0 Å². The molecule has 5 nitrogen and oxygen atoms in total. The number of carbonyl (C=O) groups is 2. The van der Waals surface area contributed by atoms with E-state index in [1.807, 2.05) is 4.90 Å². The largest absolute Gasteiger partial charge is 0.478 e. The average Bonchev–Trinajstić information content (AvgIpc) is 2.98. The highest BCUT2D eigenvalue weighted by molar-refractivity contribution is 5.96. The van der Waals surface area contributed by atoms with Gasteiger partial charge in [-0.25, -0.2) is 4.79 Å². The summed E-state index contributed by atoms with van der Waals surface area (Å²) in [5, 5.41) is 12.1.